The lowest BCUT2D eigenvalue weighted by Gasteiger charge is -1.98. The molecule has 1 aromatic rings. The summed E-state index contributed by atoms with van der Waals surface area (Å²) in [7, 11) is 0. The van der Waals surface area contributed by atoms with Gasteiger partial charge in [-0.2, -0.15) is 5.10 Å². The Kier molecular flexibility index (Phi) is 3.60. The van der Waals surface area contributed by atoms with E-state index in [1.165, 1.54) is 9.26 Å². The Balaban J connectivity index is 2.98. The van der Waals surface area contributed by atoms with E-state index in [9.17, 15) is 0 Å². The van der Waals surface area contributed by atoms with Gasteiger partial charge in [-0.15, -0.1) is 0 Å². The minimum Gasteiger partial charge on any atom is -0.268 e. The van der Waals surface area contributed by atoms with Gasteiger partial charge in [-0.05, 0) is 36.4 Å². The Labute approximate surface area is 94.0 Å². The Hall–Kier alpha value is 0.670. The first-order chi connectivity index (χ1) is 5.16. The molecule has 62 valence electrons. The monoisotopic (exact) mass is 376 g/mol. The van der Waals surface area contributed by atoms with E-state index in [-0.39, 0.29) is 0 Å². The van der Waals surface area contributed by atoms with Crippen molar-refractivity contribution in [1.29, 1.82) is 0 Å². The average Bonchev–Trinajstić information content (AvgIpc) is 2.19. The molecule has 0 unspecified atom stereocenters. The van der Waals surface area contributed by atoms with E-state index in [0.717, 1.165) is 16.7 Å². The molecule has 2 nitrogen and oxygen atoms in total. The van der Waals surface area contributed by atoms with Crippen LogP contribution in [0.5, 0.6) is 0 Å². The Bertz CT molecular complexity index is 255. The van der Waals surface area contributed by atoms with Crippen LogP contribution in [0.1, 0.15) is 11.4 Å². The molecule has 0 saturated carbocycles. The topological polar surface area (TPSA) is 17.8 Å². The van der Waals surface area contributed by atoms with Gasteiger partial charge in [0.25, 0.3) is 0 Å². The number of hydrogen-bond donors (Lipinski definition) is 0. The molecule has 1 rings (SSSR count). The Morgan fingerprint density at radius 3 is 2.45 bits per heavy atom. The molecule has 0 aliphatic carbocycles. The van der Waals surface area contributed by atoms with Gasteiger partial charge in [0.05, 0.1) is 15.8 Å². The lowest BCUT2D eigenvalue weighted by Crippen LogP contribution is -2.03. The van der Waals surface area contributed by atoms with Crippen LogP contribution in [0.4, 0.5) is 0 Å². The smallest absolute Gasteiger partial charge is 0.0729 e. The summed E-state index contributed by atoms with van der Waals surface area (Å²) >= 11 is 4.71. The van der Waals surface area contributed by atoms with Crippen molar-refractivity contribution in [3.8, 4) is 0 Å². The highest BCUT2D eigenvalue weighted by molar-refractivity contribution is 14.1. The van der Waals surface area contributed by atoms with Crippen molar-refractivity contribution >= 4 is 45.2 Å². The third-order valence-corrected chi connectivity index (χ3v) is 3.63. The molecule has 0 atom stereocenters. The van der Waals surface area contributed by atoms with Gasteiger partial charge >= 0.3 is 0 Å². The molecule has 0 spiro atoms. The zero-order valence-electron chi connectivity index (χ0n) is 6.56. The summed E-state index contributed by atoms with van der Waals surface area (Å²) in [5.41, 5.74) is 2.44. The van der Waals surface area contributed by atoms with Crippen molar-refractivity contribution in [3.63, 3.8) is 0 Å². The van der Waals surface area contributed by atoms with Gasteiger partial charge in [0, 0.05) is 10.1 Å². The Morgan fingerprint density at radius 2 is 2.09 bits per heavy atom. The van der Waals surface area contributed by atoms with E-state index < -0.39 is 0 Å². The highest BCUT2D eigenvalue weighted by atomic mass is 127. The normalized spacial score (nSPS) is 10.5. The van der Waals surface area contributed by atoms with Crippen molar-refractivity contribution < 1.29 is 0 Å². The SMILES string of the molecule is Cc1nn(CCI)c(C)c1I. The molecule has 1 aromatic heterocycles. The quantitative estimate of drug-likeness (QED) is 0.573. The fraction of sp³-hybridized carbons (Fsp3) is 0.571. The van der Waals surface area contributed by atoms with Crippen LogP contribution in [0.2, 0.25) is 0 Å². The molecule has 0 fully saturated rings. The molecule has 0 saturated heterocycles. The second-order valence-electron chi connectivity index (χ2n) is 2.40. The van der Waals surface area contributed by atoms with Gasteiger partial charge in [-0.1, -0.05) is 22.6 Å². The highest BCUT2D eigenvalue weighted by Crippen LogP contribution is 2.14. The number of alkyl halides is 1. The van der Waals surface area contributed by atoms with Crippen LogP contribution in [0.25, 0.3) is 0 Å². The molecule has 0 aliphatic heterocycles. The third kappa shape index (κ3) is 2.07. The summed E-state index contributed by atoms with van der Waals surface area (Å²) in [6, 6.07) is 0. The fourth-order valence-corrected chi connectivity index (χ4v) is 1.82. The lowest BCUT2D eigenvalue weighted by molar-refractivity contribution is 0.645. The summed E-state index contributed by atoms with van der Waals surface area (Å²) in [5.74, 6) is 0. The van der Waals surface area contributed by atoms with Crippen LogP contribution < -0.4 is 0 Å². The highest BCUT2D eigenvalue weighted by Gasteiger charge is 2.06. The van der Waals surface area contributed by atoms with Crippen LogP contribution in [0, 0.1) is 17.4 Å². The zero-order valence-corrected chi connectivity index (χ0v) is 10.9. The molecule has 0 bridgehead atoms. The molecule has 11 heavy (non-hydrogen) atoms. The van der Waals surface area contributed by atoms with Crippen LogP contribution in [0.15, 0.2) is 0 Å². The predicted octanol–water partition coefficient (Wildman–Crippen LogP) is 2.54. The summed E-state index contributed by atoms with van der Waals surface area (Å²) < 4.78 is 4.49. The van der Waals surface area contributed by atoms with Crippen LogP contribution >= 0.6 is 45.2 Å². The van der Waals surface area contributed by atoms with Gasteiger partial charge in [-0.3, -0.25) is 4.68 Å². The standard InChI is InChI=1S/C7H10I2N2/c1-5-7(9)6(2)11(10-5)4-3-8/h3-4H2,1-2H3. The maximum atomic E-state index is 4.40. The predicted molar refractivity (Wildman–Crippen MR) is 63.3 cm³/mol. The minimum absolute atomic E-state index is 1.02. The fourth-order valence-electron chi connectivity index (χ4n) is 0.973. The van der Waals surface area contributed by atoms with Crippen LogP contribution in [0.3, 0.4) is 0 Å². The molecule has 0 aliphatic rings. The zero-order chi connectivity index (χ0) is 8.43. The first kappa shape index (κ1) is 9.76. The van der Waals surface area contributed by atoms with Crippen molar-refractivity contribution in [2.24, 2.45) is 0 Å². The van der Waals surface area contributed by atoms with E-state index in [2.05, 4.69) is 68.8 Å². The largest absolute Gasteiger partial charge is 0.268 e. The molecule has 0 N–H and O–H groups in total. The molecule has 0 aromatic carbocycles. The number of hydrogen-bond acceptors (Lipinski definition) is 1. The van der Waals surface area contributed by atoms with Crippen molar-refractivity contribution in [2.45, 2.75) is 20.4 Å². The maximum Gasteiger partial charge on any atom is 0.0729 e. The van der Waals surface area contributed by atoms with Crippen molar-refractivity contribution in [2.75, 3.05) is 4.43 Å². The summed E-state index contributed by atoms with van der Waals surface area (Å²) in [6.07, 6.45) is 0. The molecule has 0 amide bonds. The van der Waals surface area contributed by atoms with Gasteiger partial charge in [0.1, 0.15) is 0 Å². The second-order valence-corrected chi connectivity index (χ2v) is 4.55. The molecule has 1 heterocycles. The van der Waals surface area contributed by atoms with E-state index in [0.29, 0.717) is 0 Å². The number of halogens is 2. The maximum absolute atomic E-state index is 4.40. The lowest BCUT2D eigenvalue weighted by atomic mass is 10.4. The minimum atomic E-state index is 1.02. The van der Waals surface area contributed by atoms with Gasteiger partial charge in [0.2, 0.25) is 0 Å². The number of aryl methyl sites for hydroxylation is 2. The van der Waals surface area contributed by atoms with Gasteiger partial charge < -0.3 is 0 Å². The Morgan fingerprint density at radius 1 is 1.45 bits per heavy atom. The van der Waals surface area contributed by atoms with Crippen molar-refractivity contribution in [1.82, 2.24) is 9.78 Å². The average molecular weight is 376 g/mol. The van der Waals surface area contributed by atoms with Gasteiger partial charge in [-0.25, -0.2) is 0 Å². The van der Waals surface area contributed by atoms with E-state index in [1.807, 2.05) is 0 Å². The first-order valence-electron chi connectivity index (χ1n) is 3.42. The number of aromatic nitrogens is 2. The molecular weight excluding hydrogens is 366 g/mol. The van der Waals surface area contributed by atoms with E-state index in [1.54, 1.807) is 0 Å². The van der Waals surface area contributed by atoms with Crippen LogP contribution in [-0.4, -0.2) is 14.2 Å². The van der Waals surface area contributed by atoms with Gasteiger partial charge in [0.15, 0.2) is 0 Å². The first-order valence-corrected chi connectivity index (χ1v) is 6.02. The second kappa shape index (κ2) is 4.06. The van der Waals surface area contributed by atoms with Crippen LogP contribution in [-0.2, 0) is 6.54 Å². The summed E-state index contributed by atoms with van der Waals surface area (Å²) in [5, 5.41) is 4.40. The summed E-state index contributed by atoms with van der Waals surface area (Å²) in [4.78, 5) is 0. The van der Waals surface area contributed by atoms with E-state index in [4.69, 9.17) is 0 Å². The molecule has 4 heteroatoms. The van der Waals surface area contributed by atoms with Crippen molar-refractivity contribution in [3.05, 3.63) is 15.0 Å². The number of rotatable bonds is 2. The third-order valence-electron chi connectivity index (χ3n) is 1.59. The summed E-state index contributed by atoms with van der Waals surface area (Å²) in [6.45, 7) is 5.20. The molecular formula is C7H10I2N2. The van der Waals surface area contributed by atoms with E-state index >= 15 is 0 Å². The number of nitrogens with zero attached hydrogens (tertiary/aromatic N) is 2. The molecule has 0 radical (unpaired) electrons.